The first-order chi connectivity index (χ1) is 8.15. The summed E-state index contributed by atoms with van der Waals surface area (Å²) in [5.74, 6) is 1.06. The summed E-state index contributed by atoms with van der Waals surface area (Å²) in [6.45, 7) is 4.56. The maximum atomic E-state index is 9.69. The van der Waals surface area contributed by atoms with Gasteiger partial charge in [-0.05, 0) is 36.6 Å². The van der Waals surface area contributed by atoms with E-state index in [4.69, 9.17) is 4.74 Å². The van der Waals surface area contributed by atoms with E-state index in [0.29, 0.717) is 12.4 Å². The van der Waals surface area contributed by atoms with E-state index in [2.05, 4.69) is 25.1 Å². The van der Waals surface area contributed by atoms with Gasteiger partial charge in [0.1, 0.15) is 18.1 Å². The number of aromatic hydroxyl groups is 1. The minimum Gasteiger partial charge on any atom is -0.508 e. The largest absolute Gasteiger partial charge is 0.508 e. The Hall–Kier alpha value is -1.96. The quantitative estimate of drug-likeness (QED) is 0.744. The molecule has 2 aromatic rings. The number of fused-ring (bicyclic) bond motifs is 3. The van der Waals surface area contributed by atoms with Gasteiger partial charge in [0.25, 0.3) is 0 Å². The molecule has 0 atom stereocenters. The minimum atomic E-state index is 0.291. The van der Waals surface area contributed by atoms with E-state index >= 15 is 0 Å². The molecule has 1 aliphatic rings. The van der Waals surface area contributed by atoms with Gasteiger partial charge in [-0.3, -0.25) is 0 Å². The lowest BCUT2D eigenvalue weighted by atomic mass is 9.94. The third-order valence-electron chi connectivity index (χ3n) is 3.23. The van der Waals surface area contributed by atoms with Gasteiger partial charge in [-0.25, -0.2) is 0 Å². The van der Waals surface area contributed by atoms with Crippen molar-refractivity contribution in [2.75, 3.05) is 0 Å². The van der Waals surface area contributed by atoms with E-state index in [0.717, 1.165) is 16.9 Å². The van der Waals surface area contributed by atoms with Crippen LogP contribution >= 0.6 is 0 Å². The van der Waals surface area contributed by atoms with Crippen LogP contribution in [-0.4, -0.2) is 5.11 Å². The van der Waals surface area contributed by atoms with E-state index in [1.54, 1.807) is 6.07 Å². The fourth-order valence-electron chi connectivity index (χ4n) is 2.27. The van der Waals surface area contributed by atoms with E-state index in [9.17, 15) is 5.11 Å². The molecule has 0 bridgehead atoms. The molecule has 2 aromatic carbocycles. The monoisotopic (exact) mass is 226 g/mol. The van der Waals surface area contributed by atoms with Crippen molar-refractivity contribution in [3.05, 3.63) is 47.0 Å². The number of hydrogen-bond acceptors (Lipinski definition) is 2. The summed E-state index contributed by atoms with van der Waals surface area (Å²) >= 11 is 0. The third kappa shape index (κ3) is 1.57. The van der Waals surface area contributed by atoms with Crippen molar-refractivity contribution in [3.63, 3.8) is 0 Å². The Labute approximate surface area is 100 Å². The second kappa shape index (κ2) is 3.52. The van der Waals surface area contributed by atoms with Crippen molar-refractivity contribution >= 4 is 0 Å². The number of rotatable bonds is 0. The summed E-state index contributed by atoms with van der Waals surface area (Å²) < 4.78 is 5.68. The van der Waals surface area contributed by atoms with E-state index in [1.165, 1.54) is 16.7 Å². The molecule has 0 radical (unpaired) electrons. The summed E-state index contributed by atoms with van der Waals surface area (Å²) in [5, 5.41) is 9.69. The lowest BCUT2D eigenvalue weighted by molar-refractivity contribution is 0.300. The average Bonchev–Trinajstić information content (AvgIpc) is 2.30. The Kier molecular flexibility index (Phi) is 2.11. The van der Waals surface area contributed by atoms with Crippen LogP contribution in [0.2, 0.25) is 0 Å². The van der Waals surface area contributed by atoms with E-state index < -0.39 is 0 Å². The predicted octanol–water partition coefficient (Wildman–Crippen LogP) is 3.57. The Balaban J connectivity index is 2.25. The normalized spacial score (nSPS) is 12.6. The number of ether oxygens (including phenoxy) is 1. The fourth-order valence-corrected chi connectivity index (χ4v) is 2.27. The Morgan fingerprint density at radius 3 is 2.71 bits per heavy atom. The molecule has 86 valence electrons. The molecule has 17 heavy (non-hydrogen) atoms. The smallest absolute Gasteiger partial charge is 0.131 e. The van der Waals surface area contributed by atoms with Crippen molar-refractivity contribution in [1.82, 2.24) is 0 Å². The number of phenolic OH excluding ortho intramolecular Hbond substituents is 1. The van der Waals surface area contributed by atoms with E-state index in [-0.39, 0.29) is 0 Å². The van der Waals surface area contributed by atoms with Crippen LogP contribution in [0.4, 0.5) is 0 Å². The summed E-state index contributed by atoms with van der Waals surface area (Å²) in [7, 11) is 0. The van der Waals surface area contributed by atoms with Crippen molar-refractivity contribution in [3.8, 4) is 22.6 Å². The van der Waals surface area contributed by atoms with Crippen molar-refractivity contribution in [1.29, 1.82) is 0 Å². The van der Waals surface area contributed by atoms with Crippen molar-refractivity contribution in [2.45, 2.75) is 20.5 Å². The summed E-state index contributed by atoms with van der Waals surface area (Å²) in [4.78, 5) is 0. The van der Waals surface area contributed by atoms with Crippen LogP contribution in [0.25, 0.3) is 11.1 Å². The second-order valence-corrected chi connectivity index (χ2v) is 4.58. The molecule has 0 unspecified atom stereocenters. The van der Waals surface area contributed by atoms with Crippen LogP contribution in [0.15, 0.2) is 30.3 Å². The molecule has 0 saturated carbocycles. The molecule has 1 heterocycles. The third-order valence-corrected chi connectivity index (χ3v) is 3.23. The highest BCUT2D eigenvalue weighted by Crippen LogP contribution is 2.40. The van der Waals surface area contributed by atoms with Crippen LogP contribution in [0, 0.1) is 13.8 Å². The number of phenols is 1. The number of hydrogen-bond donors (Lipinski definition) is 1. The Bertz CT molecular complexity index is 600. The maximum absolute atomic E-state index is 9.69. The highest BCUT2D eigenvalue weighted by atomic mass is 16.5. The van der Waals surface area contributed by atoms with Gasteiger partial charge in [-0.2, -0.15) is 0 Å². The highest BCUT2D eigenvalue weighted by molar-refractivity contribution is 5.77. The zero-order chi connectivity index (χ0) is 12.0. The zero-order valence-corrected chi connectivity index (χ0v) is 9.95. The van der Waals surface area contributed by atoms with Gasteiger partial charge >= 0.3 is 0 Å². The standard InChI is InChI=1S/C15H14O2/c1-9-3-4-12-11(5-9)8-17-15-7-14(16)10(2)6-13(12)15/h3-7,16H,8H2,1-2H3. The van der Waals surface area contributed by atoms with Crippen LogP contribution < -0.4 is 4.74 Å². The first-order valence-electron chi connectivity index (χ1n) is 5.71. The molecule has 3 rings (SSSR count). The number of benzene rings is 2. The van der Waals surface area contributed by atoms with Gasteiger partial charge in [0.05, 0.1) is 0 Å². The first-order valence-corrected chi connectivity index (χ1v) is 5.71. The van der Waals surface area contributed by atoms with E-state index in [1.807, 2.05) is 13.0 Å². The molecule has 2 nitrogen and oxygen atoms in total. The molecule has 2 heteroatoms. The van der Waals surface area contributed by atoms with Crippen LogP contribution in [0.5, 0.6) is 11.5 Å². The molecule has 0 aliphatic carbocycles. The van der Waals surface area contributed by atoms with Crippen LogP contribution in [0.3, 0.4) is 0 Å². The molecule has 0 fully saturated rings. The Morgan fingerprint density at radius 1 is 1.06 bits per heavy atom. The minimum absolute atomic E-state index is 0.291. The average molecular weight is 226 g/mol. The van der Waals surface area contributed by atoms with Gasteiger partial charge in [0.15, 0.2) is 0 Å². The summed E-state index contributed by atoms with van der Waals surface area (Å²) in [6, 6.07) is 10.1. The molecular weight excluding hydrogens is 212 g/mol. The fraction of sp³-hybridized carbons (Fsp3) is 0.200. The van der Waals surface area contributed by atoms with Crippen LogP contribution in [-0.2, 0) is 6.61 Å². The molecule has 0 spiro atoms. The van der Waals surface area contributed by atoms with Crippen molar-refractivity contribution in [2.24, 2.45) is 0 Å². The predicted molar refractivity (Wildman–Crippen MR) is 67.3 cm³/mol. The molecule has 0 amide bonds. The SMILES string of the molecule is Cc1ccc2c(c1)COc1cc(O)c(C)cc1-2. The first kappa shape index (κ1) is 10.2. The van der Waals surface area contributed by atoms with Gasteiger partial charge in [-0.1, -0.05) is 23.8 Å². The topological polar surface area (TPSA) is 29.5 Å². The van der Waals surface area contributed by atoms with Crippen LogP contribution in [0.1, 0.15) is 16.7 Å². The molecule has 0 saturated heterocycles. The molecule has 1 N–H and O–H groups in total. The molecular formula is C15H14O2. The molecule has 0 aromatic heterocycles. The maximum Gasteiger partial charge on any atom is 0.131 e. The van der Waals surface area contributed by atoms with Gasteiger partial charge in [0, 0.05) is 11.6 Å². The van der Waals surface area contributed by atoms with Gasteiger partial charge in [0.2, 0.25) is 0 Å². The Morgan fingerprint density at radius 2 is 1.88 bits per heavy atom. The zero-order valence-electron chi connectivity index (χ0n) is 9.95. The van der Waals surface area contributed by atoms with Gasteiger partial charge in [-0.15, -0.1) is 0 Å². The lowest BCUT2D eigenvalue weighted by Gasteiger charge is -2.22. The summed E-state index contributed by atoms with van der Waals surface area (Å²) in [6.07, 6.45) is 0. The van der Waals surface area contributed by atoms with Gasteiger partial charge < -0.3 is 9.84 Å². The number of aryl methyl sites for hydroxylation is 2. The highest BCUT2D eigenvalue weighted by Gasteiger charge is 2.18. The second-order valence-electron chi connectivity index (χ2n) is 4.58. The lowest BCUT2D eigenvalue weighted by Crippen LogP contribution is -2.05. The van der Waals surface area contributed by atoms with Crippen molar-refractivity contribution < 1.29 is 9.84 Å². The molecule has 1 aliphatic heterocycles. The summed E-state index contributed by atoms with van der Waals surface area (Å²) in [5.41, 5.74) is 5.61.